The van der Waals surface area contributed by atoms with Gasteiger partial charge in [-0.15, -0.1) is 0 Å². The number of fused-ring (bicyclic) bond motifs is 1. The van der Waals surface area contributed by atoms with E-state index in [1.807, 2.05) is 32.2 Å². The summed E-state index contributed by atoms with van der Waals surface area (Å²) in [5.74, 6) is 0.682. The zero-order chi connectivity index (χ0) is 13.4. The molecule has 0 spiro atoms. The third kappa shape index (κ3) is 2.02. The molecule has 0 aliphatic rings. The monoisotopic (exact) mass is 256 g/mol. The van der Waals surface area contributed by atoms with Gasteiger partial charge in [-0.2, -0.15) is 5.10 Å². The van der Waals surface area contributed by atoms with Crippen LogP contribution in [0.5, 0.6) is 0 Å². The second kappa shape index (κ2) is 4.51. The molecule has 0 saturated carbocycles. The molecule has 3 rings (SSSR count). The van der Waals surface area contributed by atoms with Crippen LogP contribution < -0.4 is 5.32 Å². The Morgan fingerprint density at radius 3 is 2.95 bits per heavy atom. The van der Waals surface area contributed by atoms with Crippen LogP contribution in [0.2, 0.25) is 0 Å². The molecule has 0 radical (unpaired) electrons. The summed E-state index contributed by atoms with van der Waals surface area (Å²) in [5.41, 5.74) is 5.96. The van der Waals surface area contributed by atoms with E-state index in [1.165, 1.54) is 0 Å². The molecule has 2 heterocycles. The van der Waals surface area contributed by atoms with Crippen molar-refractivity contribution in [2.75, 3.05) is 7.05 Å². The van der Waals surface area contributed by atoms with E-state index in [4.69, 9.17) is 4.42 Å². The Kier molecular flexibility index (Phi) is 2.83. The molecule has 1 aromatic carbocycles. The molecule has 2 aromatic heterocycles. The van der Waals surface area contributed by atoms with E-state index in [-0.39, 0.29) is 0 Å². The molecule has 2 N–H and O–H groups in total. The molecular weight excluding hydrogens is 240 g/mol. The summed E-state index contributed by atoms with van der Waals surface area (Å²) in [4.78, 5) is 4.36. The highest BCUT2D eigenvalue weighted by Crippen LogP contribution is 2.26. The van der Waals surface area contributed by atoms with Gasteiger partial charge in [-0.25, -0.2) is 4.98 Å². The average molecular weight is 256 g/mol. The van der Waals surface area contributed by atoms with Gasteiger partial charge in [0.15, 0.2) is 11.5 Å². The lowest BCUT2D eigenvalue weighted by Gasteiger charge is -2.00. The quantitative estimate of drug-likeness (QED) is 0.755. The summed E-state index contributed by atoms with van der Waals surface area (Å²) in [6.45, 7) is 4.71. The molecule has 98 valence electrons. The number of nitrogens with zero attached hydrogens (tertiary/aromatic N) is 2. The number of aryl methyl sites for hydroxylation is 1. The fraction of sp³-hybridized carbons (Fsp3) is 0.286. The summed E-state index contributed by atoms with van der Waals surface area (Å²) < 4.78 is 5.48. The Labute approximate surface area is 111 Å². The summed E-state index contributed by atoms with van der Waals surface area (Å²) in [7, 11) is 1.92. The van der Waals surface area contributed by atoms with Crippen LogP contribution in [-0.4, -0.2) is 22.2 Å². The molecule has 5 nitrogen and oxygen atoms in total. The van der Waals surface area contributed by atoms with E-state index >= 15 is 0 Å². The van der Waals surface area contributed by atoms with Gasteiger partial charge in [0.05, 0.1) is 11.4 Å². The molecule has 0 fully saturated rings. The number of aromatic nitrogens is 3. The first-order valence-corrected chi connectivity index (χ1v) is 6.25. The van der Waals surface area contributed by atoms with Crippen LogP contribution in [0.25, 0.3) is 22.4 Å². The fourth-order valence-electron chi connectivity index (χ4n) is 2.25. The van der Waals surface area contributed by atoms with Crippen molar-refractivity contribution in [2.24, 2.45) is 0 Å². The Bertz CT molecular complexity index is 726. The molecule has 0 atom stereocenters. The lowest BCUT2D eigenvalue weighted by atomic mass is 10.1. The molecule has 0 saturated heterocycles. The van der Waals surface area contributed by atoms with Gasteiger partial charge >= 0.3 is 0 Å². The largest absolute Gasteiger partial charge is 0.441 e. The van der Waals surface area contributed by atoms with Crippen LogP contribution >= 0.6 is 0 Å². The molecule has 5 heteroatoms. The van der Waals surface area contributed by atoms with E-state index < -0.39 is 0 Å². The minimum atomic E-state index is 0.682. The van der Waals surface area contributed by atoms with E-state index in [1.54, 1.807) is 0 Å². The lowest BCUT2D eigenvalue weighted by molar-refractivity contribution is 0.561. The number of H-pyrrole nitrogens is 1. The van der Waals surface area contributed by atoms with Gasteiger partial charge < -0.3 is 9.73 Å². The van der Waals surface area contributed by atoms with Crippen molar-refractivity contribution in [3.8, 4) is 11.3 Å². The van der Waals surface area contributed by atoms with Gasteiger partial charge in [0.2, 0.25) is 0 Å². The summed E-state index contributed by atoms with van der Waals surface area (Å²) in [6, 6.07) is 5.97. The van der Waals surface area contributed by atoms with Crippen LogP contribution in [0.15, 0.2) is 22.6 Å². The van der Waals surface area contributed by atoms with Gasteiger partial charge in [-0.3, -0.25) is 5.10 Å². The molecule has 3 aromatic rings. The second-order valence-corrected chi connectivity index (χ2v) is 4.62. The number of oxazole rings is 1. The van der Waals surface area contributed by atoms with E-state index in [9.17, 15) is 0 Å². The van der Waals surface area contributed by atoms with Crippen molar-refractivity contribution < 1.29 is 4.42 Å². The lowest BCUT2D eigenvalue weighted by Crippen LogP contribution is -2.06. The number of nitrogens with one attached hydrogen (secondary N) is 2. The number of aromatic amines is 1. The minimum absolute atomic E-state index is 0.682. The topological polar surface area (TPSA) is 66.7 Å². The minimum Gasteiger partial charge on any atom is -0.441 e. The van der Waals surface area contributed by atoms with Gasteiger partial charge in [-0.05, 0) is 37.7 Å². The van der Waals surface area contributed by atoms with Crippen molar-refractivity contribution in [3.05, 3.63) is 35.3 Å². The van der Waals surface area contributed by atoms with Crippen LogP contribution in [0.3, 0.4) is 0 Å². The Hall–Kier alpha value is -2.14. The summed E-state index contributed by atoms with van der Waals surface area (Å²) >= 11 is 0. The fourth-order valence-corrected chi connectivity index (χ4v) is 2.25. The Balaban J connectivity index is 2.08. The number of rotatable bonds is 3. The second-order valence-electron chi connectivity index (χ2n) is 4.62. The predicted octanol–water partition coefficient (Wildman–Crippen LogP) is 2.55. The van der Waals surface area contributed by atoms with Crippen LogP contribution in [0.4, 0.5) is 0 Å². The first-order chi connectivity index (χ1) is 9.19. The summed E-state index contributed by atoms with van der Waals surface area (Å²) in [5, 5.41) is 10.6. The van der Waals surface area contributed by atoms with Crippen molar-refractivity contribution in [2.45, 2.75) is 20.4 Å². The van der Waals surface area contributed by atoms with Gasteiger partial charge in [0.25, 0.3) is 0 Å². The van der Waals surface area contributed by atoms with Crippen molar-refractivity contribution in [1.29, 1.82) is 0 Å². The first kappa shape index (κ1) is 11.9. The maximum absolute atomic E-state index is 5.48. The predicted molar refractivity (Wildman–Crippen MR) is 73.8 cm³/mol. The average Bonchev–Trinajstić information content (AvgIpc) is 2.92. The smallest absolute Gasteiger partial charge is 0.192 e. The highest BCUT2D eigenvalue weighted by molar-refractivity contribution is 5.80. The normalized spacial score (nSPS) is 11.3. The zero-order valence-electron chi connectivity index (χ0n) is 11.2. The highest BCUT2D eigenvalue weighted by Gasteiger charge is 2.12. The maximum Gasteiger partial charge on any atom is 0.192 e. The zero-order valence-corrected chi connectivity index (χ0v) is 11.2. The molecule has 19 heavy (non-hydrogen) atoms. The first-order valence-electron chi connectivity index (χ1n) is 6.25. The Morgan fingerprint density at radius 2 is 2.16 bits per heavy atom. The number of hydrogen-bond donors (Lipinski definition) is 2. The van der Waals surface area contributed by atoms with Crippen molar-refractivity contribution in [3.63, 3.8) is 0 Å². The number of hydrogen-bond acceptors (Lipinski definition) is 4. The van der Waals surface area contributed by atoms with Crippen LogP contribution in [0, 0.1) is 13.8 Å². The molecule has 0 aliphatic carbocycles. The van der Waals surface area contributed by atoms with Crippen molar-refractivity contribution in [1.82, 2.24) is 20.5 Å². The van der Waals surface area contributed by atoms with Gasteiger partial charge in [-0.1, -0.05) is 0 Å². The third-order valence-corrected chi connectivity index (χ3v) is 3.23. The molecule has 0 unspecified atom stereocenters. The van der Waals surface area contributed by atoms with E-state index in [0.29, 0.717) is 5.89 Å². The van der Waals surface area contributed by atoms with E-state index in [0.717, 1.165) is 40.2 Å². The third-order valence-electron chi connectivity index (χ3n) is 3.23. The van der Waals surface area contributed by atoms with Crippen molar-refractivity contribution >= 4 is 11.1 Å². The van der Waals surface area contributed by atoms with E-state index in [2.05, 4.69) is 27.4 Å². The van der Waals surface area contributed by atoms with Crippen LogP contribution in [-0.2, 0) is 6.54 Å². The molecule has 0 amide bonds. The molecule has 0 aliphatic heterocycles. The van der Waals surface area contributed by atoms with Gasteiger partial charge in [0, 0.05) is 19.0 Å². The van der Waals surface area contributed by atoms with Gasteiger partial charge in [0.1, 0.15) is 5.52 Å². The summed E-state index contributed by atoms with van der Waals surface area (Å²) in [6.07, 6.45) is 0. The highest BCUT2D eigenvalue weighted by atomic mass is 16.3. The molecule has 0 bridgehead atoms. The molecular formula is C14H16N4O. The van der Waals surface area contributed by atoms with Crippen LogP contribution in [0.1, 0.15) is 17.1 Å². The maximum atomic E-state index is 5.48. The number of benzene rings is 1. The standard InChI is InChI=1S/C14H16N4O/c1-8-12(7-15-3)17-18-14(8)10-4-5-13-11(6-10)16-9(2)19-13/h4-6,15H,7H2,1-3H3,(H,17,18). The SMILES string of the molecule is CNCc1[nH]nc(-c2ccc3oc(C)nc3c2)c1C. The Morgan fingerprint density at radius 1 is 1.32 bits per heavy atom.